The Bertz CT molecular complexity index is 1040. The third-order valence-electron chi connectivity index (χ3n) is 4.27. The van der Waals surface area contributed by atoms with Gasteiger partial charge in [-0.2, -0.15) is 0 Å². The molecule has 0 aliphatic carbocycles. The van der Waals surface area contributed by atoms with Crippen molar-refractivity contribution in [2.24, 2.45) is 0 Å². The summed E-state index contributed by atoms with van der Waals surface area (Å²) < 4.78 is 1.65. The van der Waals surface area contributed by atoms with Crippen LogP contribution in [0.1, 0.15) is 16.7 Å². The van der Waals surface area contributed by atoms with Crippen LogP contribution in [0.2, 0.25) is 10.0 Å². The lowest BCUT2D eigenvalue weighted by Crippen LogP contribution is -2.24. The molecule has 2 aromatic carbocycles. The molecule has 0 unspecified atom stereocenters. The predicted octanol–water partition coefficient (Wildman–Crippen LogP) is 4.75. The highest BCUT2D eigenvalue weighted by atomic mass is 35.5. The maximum absolute atomic E-state index is 12.1. The van der Waals surface area contributed by atoms with Crippen LogP contribution in [0.5, 0.6) is 0 Å². The number of benzene rings is 2. The molecular formula is C22H20Cl2N2O2S. The number of halogens is 2. The zero-order chi connectivity index (χ0) is 20.6. The molecule has 3 rings (SSSR count). The Morgan fingerprint density at radius 1 is 1.00 bits per heavy atom. The molecule has 0 radical (unpaired) electrons. The molecule has 1 N–H and O–H groups in total. The third kappa shape index (κ3) is 6.67. The fourth-order valence-corrected chi connectivity index (χ4v) is 4.11. The maximum Gasteiger partial charge on any atom is 0.250 e. The highest BCUT2D eigenvalue weighted by Gasteiger charge is 2.05. The van der Waals surface area contributed by atoms with Crippen molar-refractivity contribution in [2.45, 2.75) is 18.8 Å². The van der Waals surface area contributed by atoms with Gasteiger partial charge < -0.3 is 9.88 Å². The molecule has 0 saturated carbocycles. The second kappa shape index (κ2) is 10.5. The van der Waals surface area contributed by atoms with E-state index in [0.29, 0.717) is 34.6 Å². The van der Waals surface area contributed by atoms with Gasteiger partial charge >= 0.3 is 0 Å². The summed E-state index contributed by atoms with van der Waals surface area (Å²) in [7, 11) is 0. The molecule has 3 aromatic rings. The molecule has 0 aliphatic rings. The minimum absolute atomic E-state index is 0.0266. The van der Waals surface area contributed by atoms with E-state index in [1.54, 1.807) is 35.0 Å². The first-order chi connectivity index (χ1) is 14.0. The Morgan fingerprint density at radius 2 is 1.76 bits per heavy atom. The zero-order valence-corrected chi connectivity index (χ0v) is 17.9. The number of nitrogens with zero attached hydrogens (tertiary/aromatic N) is 1. The fourth-order valence-electron chi connectivity index (χ4n) is 2.69. The lowest BCUT2D eigenvalue weighted by Gasteiger charge is -2.08. The Hall–Kier alpha value is -2.21. The first-order valence-corrected chi connectivity index (χ1v) is 10.9. The summed E-state index contributed by atoms with van der Waals surface area (Å²) in [5.74, 6) is 0.977. The Balaban J connectivity index is 1.43. The highest BCUT2D eigenvalue weighted by Crippen LogP contribution is 2.24. The molecule has 1 heterocycles. The van der Waals surface area contributed by atoms with Crippen LogP contribution in [0.15, 0.2) is 71.7 Å². The number of pyridine rings is 1. The number of aromatic nitrogens is 1. The average Bonchev–Trinajstić information content (AvgIpc) is 2.71. The molecule has 29 heavy (non-hydrogen) atoms. The first kappa shape index (κ1) is 21.5. The van der Waals surface area contributed by atoms with Crippen molar-refractivity contribution in [3.05, 3.63) is 104 Å². The number of thioether (sulfide) groups is 1. The van der Waals surface area contributed by atoms with Gasteiger partial charge in [0.25, 0.3) is 5.56 Å². The Morgan fingerprint density at radius 3 is 2.48 bits per heavy atom. The van der Waals surface area contributed by atoms with Gasteiger partial charge in [-0.05, 0) is 34.9 Å². The van der Waals surface area contributed by atoms with E-state index < -0.39 is 0 Å². The van der Waals surface area contributed by atoms with Gasteiger partial charge in [0.1, 0.15) is 0 Å². The van der Waals surface area contributed by atoms with Crippen LogP contribution in [0.3, 0.4) is 0 Å². The van der Waals surface area contributed by atoms with E-state index in [1.165, 1.54) is 11.8 Å². The van der Waals surface area contributed by atoms with E-state index >= 15 is 0 Å². The first-order valence-electron chi connectivity index (χ1n) is 9.03. The highest BCUT2D eigenvalue weighted by molar-refractivity contribution is 7.99. The minimum Gasteiger partial charge on any atom is -0.351 e. The van der Waals surface area contributed by atoms with Gasteiger partial charge in [0.2, 0.25) is 5.91 Å². The lowest BCUT2D eigenvalue weighted by atomic mass is 10.1. The van der Waals surface area contributed by atoms with Crippen molar-refractivity contribution in [3.63, 3.8) is 0 Å². The summed E-state index contributed by atoms with van der Waals surface area (Å²) in [6.07, 6.45) is 1.77. The molecule has 1 aromatic heterocycles. The van der Waals surface area contributed by atoms with Crippen LogP contribution < -0.4 is 10.9 Å². The van der Waals surface area contributed by atoms with E-state index in [-0.39, 0.29) is 11.5 Å². The monoisotopic (exact) mass is 446 g/mol. The number of amides is 1. The molecule has 7 heteroatoms. The van der Waals surface area contributed by atoms with Crippen LogP contribution in [0.4, 0.5) is 0 Å². The van der Waals surface area contributed by atoms with Gasteiger partial charge in [-0.1, -0.05) is 59.6 Å². The van der Waals surface area contributed by atoms with Crippen LogP contribution in [0.25, 0.3) is 0 Å². The maximum atomic E-state index is 12.1. The van der Waals surface area contributed by atoms with Crippen LogP contribution in [-0.2, 0) is 23.6 Å². The van der Waals surface area contributed by atoms with Crippen molar-refractivity contribution in [2.75, 3.05) is 5.75 Å². The average molecular weight is 447 g/mol. The standard InChI is InChI=1S/C22H20Cl2N2O2S/c23-19-9-8-18(20(24)11-19)14-29-15-21(27)25-12-16-4-6-17(7-5-16)13-26-10-2-1-3-22(26)28/h1-11H,12-15H2,(H,25,27). The lowest BCUT2D eigenvalue weighted by molar-refractivity contribution is -0.118. The predicted molar refractivity (Wildman–Crippen MR) is 121 cm³/mol. The van der Waals surface area contributed by atoms with Crippen molar-refractivity contribution in [1.82, 2.24) is 9.88 Å². The number of carbonyl (C=O) groups excluding carboxylic acids is 1. The molecule has 0 aliphatic heterocycles. The quantitative estimate of drug-likeness (QED) is 0.542. The van der Waals surface area contributed by atoms with Crippen molar-refractivity contribution in [1.29, 1.82) is 0 Å². The summed E-state index contributed by atoms with van der Waals surface area (Å²) >= 11 is 13.5. The molecule has 4 nitrogen and oxygen atoms in total. The zero-order valence-electron chi connectivity index (χ0n) is 15.6. The van der Waals surface area contributed by atoms with Crippen LogP contribution in [0, 0.1) is 0 Å². The number of hydrogen-bond donors (Lipinski definition) is 1. The normalized spacial score (nSPS) is 10.7. The molecule has 0 saturated heterocycles. The SMILES string of the molecule is O=C(CSCc1ccc(Cl)cc1Cl)NCc1ccc(Cn2ccccc2=O)cc1. The summed E-state index contributed by atoms with van der Waals surface area (Å²) in [6.45, 7) is 0.989. The number of hydrogen-bond acceptors (Lipinski definition) is 3. The molecule has 150 valence electrons. The van der Waals surface area contributed by atoms with Gasteiger partial charge in [-0.15, -0.1) is 11.8 Å². The largest absolute Gasteiger partial charge is 0.351 e. The molecule has 0 spiro atoms. The molecular weight excluding hydrogens is 427 g/mol. The van der Waals surface area contributed by atoms with E-state index in [0.717, 1.165) is 16.7 Å². The number of rotatable bonds is 8. The smallest absolute Gasteiger partial charge is 0.250 e. The minimum atomic E-state index is -0.0278. The van der Waals surface area contributed by atoms with Crippen LogP contribution >= 0.6 is 35.0 Å². The molecule has 0 atom stereocenters. The van der Waals surface area contributed by atoms with Crippen molar-refractivity contribution < 1.29 is 4.79 Å². The van der Waals surface area contributed by atoms with Gasteiger partial charge in [-0.25, -0.2) is 0 Å². The summed E-state index contributed by atoms with van der Waals surface area (Å²) in [5, 5.41) is 4.13. The summed E-state index contributed by atoms with van der Waals surface area (Å²) in [4.78, 5) is 23.8. The third-order valence-corrected chi connectivity index (χ3v) is 5.84. The van der Waals surface area contributed by atoms with E-state index in [4.69, 9.17) is 23.2 Å². The molecule has 0 bridgehead atoms. The second-order valence-corrected chi connectivity index (χ2v) is 8.32. The summed E-state index contributed by atoms with van der Waals surface area (Å²) in [6, 6.07) is 18.4. The topological polar surface area (TPSA) is 51.1 Å². The van der Waals surface area contributed by atoms with Crippen LogP contribution in [-0.4, -0.2) is 16.2 Å². The Kier molecular flexibility index (Phi) is 7.81. The van der Waals surface area contributed by atoms with Gasteiger partial charge in [0.15, 0.2) is 0 Å². The van der Waals surface area contributed by atoms with Gasteiger partial charge in [0.05, 0.1) is 12.3 Å². The summed E-state index contributed by atoms with van der Waals surface area (Å²) in [5.41, 5.74) is 2.97. The number of carbonyl (C=O) groups is 1. The van der Waals surface area contributed by atoms with Crippen molar-refractivity contribution >= 4 is 40.9 Å². The van der Waals surface area contributed by atoms with Crippen molar-refractivity contribution in [3.8, 4) is 0 Å². The molecule has 0 fully saturated rings. The van der Waals surface area contributed by atoms with E-state index in [2.05, 4.69) is 5.32 Å². The van der Waals surface area contributed by atoms with E-state index in [9.17, 15) is 9.59 Å². The van der Waals surface area contributed by atoms with Gasteiger partial charge in [0, 0.05) is 34.6 Å². The van der Waals surface area contributed by atoms with E-state index in [1.807, 2.05) is 36.4 Å². The van der Waals surface area contributed by atoms with Gasteiger partial charge in [-0.3, -0.25) is 9.59 Å². The Labute approximate surface area is 183 Å². The second-order valence-electron chi connectivity index (χ2n) is 6.49. The number of nitrogens with one attached hydrogen (secondary N) is 1. The molecule has 1 amide bonds. The fraction of sp³-hybridized carbons (Fsp3) is 0.182.